The quantitative estimate of drug-likeness (QED) is 0.815. The van der Waals surface area contributed by atoms with Gasteiger partial charge in [0.15, 0.2) is 5.78 Å². The van der Waals surface area contributed by atoms with E-state index in [2.05, 4.69) is 22.0 Å². The largest absolute Gasteiger partial charge is 0.369 e. The number of ketones is 1. The van der Waals surface area contributed by atoms with E-state index in [0.717, 1.165) is 43.9 Å². The smallest absolute Gasteiger partial charge is 0.234 e. The molecule has 1 N–H and O–H groups in total. The first-order valence-corrected chi connectivity index (χ1v) is 8.37. The van der Waals surface area contributed by atoms with E-state index in [9.17, 15) is 9.59 Å². The number of carbonyl (C=O) groups is 2. The summed E-state index contributed by atoms with van der Waals surface area (Å²) in [5.41, 5.74) is 1.88. The number of benzene rings is 1. The Bertz CT molecular complexity index is 534. The van der Waals surface area contributed by atoms with Crippen LogP contribution in [0.2, 0.25) is 0 Å². The molecule has 126 valence electrons. The molecule has 1 amide bonds. The van der Waals surface area contributed by atoms with Crippen LogP contribution >= 0.6 is 0 Å². The van der Waals surface area contributed by atoms with Gasteiger partial charge in [0.25, 0.3) is 0 Å². The number of rotatable bonds is 6. The lowest BCUT2D eigenvalue weighted by Gasteiger charge is -2.36. The van der Waals surface area contributed by atoms with Gasteiger partial charge in [-0.05, 0) is 44.5 Å². The Hall–Kier alpha value is -1.88. The summed E-state index contributed by atoms with van der Waals surface area (Å²) in [6.07, 6.45) is 0.954. The van der Waals surface area contributed by atoms with Crippen LogP contribution < -0.4 is 10.2 Å². The molecule has 1 unspecified atom stereocenters. The maximum Gasteiger partial charge on any atom is 0.234 e. The topological polar surface area (TPSA) is 52.7 Å². The van der Waals surface area contributed by atoms with Crippen molar-refractivity contribution in [3.05, 3.63) is 29.8 Å². The van der Waals surface area contributed by atoms with Crippen LogP contribution in [0, 0.1) is 0 Å². The molecule has 23 heavy (non-hydrogen) atoms. The summed E-state index contributed by atoms with van der Waals surface area (Å²) in [5.74, 6) is 0.201. The van der Waals surface area contributed by atoms with Gasteiger partial charge in [0.05, 0.1) is 6.54 Å². The van der Waals surface area contributed by atoms with Crippen LogP contribution in [0.4, 0.5) is 5.69 Å². The number of carbonyl (C=O) groups excluding carboxylic acids is 2. The Morgan fingerprint density at radius 1 is 1.13 bits per heavy atom. The molecule has 0 aromatic heterocycles. The standard InChI is InChI=1S/C18H27N3O2/c1-4-14(2)19-18(23)13-20-9-11-21(12-10-20)17-7-5-16(6-8-17)15(3)22/h5-8,14H,4,9-13H2,1-3H3,(H,19,23). The molecule has 1 aliphatic rings. The summed E-state index contributed by atoms with van der Waals surface area (Å²) in [7, 11) is 0. The average molecular weight is 317 g/mol. The molecule has 1 saturated heterocycles. The Labute approximate surface area is 138 Å². The van der Waals surface area contributed by atoms with E-state index in [1.807, 2.05) is 31.2 Å². The van der Waals surface area contributed by atoms with Crippen molar-refractivity contribution in [2.75, 3.05) is 37.6 Å². The molecule has 0 spiro atoms. The molecule has 5 nitrogen and oxygen atoms in total. The first-order valence-electron chi connectivity index (χ1n) is 8.37. The van der Waals surface area contributed by atoms with E-state index in [1.165, 1.54) is 0 Å². The van der Waals surface area contributed by atoms with Gasteiger partial charge in [-0.3, -0.25) is 14.5 Å². The van der Waals surface area contributed by atoms with Gasteiger partial charge >= 0.3 is 0 Å². The molecule has 0 radical (unpaired) electrons. The summed E-state index contributed by atoms with van der Waals surface area (Å²) in [4.78, 5) is 27.7. The number of Topliss-reactive ketones (excluding diaryl/α,β-unsaturated/α-hetero) is 1. The van der Waals surface area contributed by atoms with Crippen LogP contribution in [0.25, 0.3) is 0 Å². The Morgan fingerprint density at radius 3 is 2.26 bits per heavy atom. The van der Waals surface area contributed by atoms with E-state index in [1.54, 1.807) is 6.92 Å². The molecular weight excluding hydrogens is 290 g/mol. The van der Waals surface area contributed by atoms with E-state index >= 15 is 0 Å². The molecule has 0 saturated carbocycles. The number of hydrogen-bond acceptors (Lipinski definition) is 4. The molecule has 5 heteroatoms. The zero-order valence-electron chi connectivity index (χ0n) is 14.3. The summed E-state index contributed by atoms with van der Waals surface area (Å²) in [6, 6.07) is 8.00. The van der Waals surface area contributed by atoms with E-state index in [-0.39, 0.29) is 17.7 Å². The monoisotopic (exact) mass is 317 g/mol. The highest BCUT2D eigenvalue weighted by atomic mass is 16.2. The minimum Gasteiger partial charge on any atom is -0.369 e. The van der Waals surface area contributed by atoms with Crippen LogP contribution in [-0.4, -0.2) is 55.4 Å². The third-order valence-electron chi connectivity index (χ3n) is 4.40. The molecule has 1 atom stereocenters. The SMILES string of the molecule is CCC(C)NC(=O)CN1CCN(c2ccc(C(C)=O)cc2)CC1. The first-order chi connectivity index (χ1) is 11.0. The summed E-state index contributed by atoms with van der Waals surface area (Å²) < 4.78 is 0. The predicted molar refractivity (Wildman–Crippen MR) is 93.0 cm³/mol. The van der Waals surface area contributed by atoms with E-state index < -0.39 is 0 Å². The van der Waals surface area contributed by atoms with Gasteiger partial charge in [-0.25, -0.2) is 0 Å². The zero-order valence-corrected chi connectivity index (χ0v) is 14.3. The lowest BCUT2D eigenvalue weighted by Crippen LogP contribution is -2.50. The van der Waals surface area contributed by atoms with Gasteiger partial charge in [0, 0.05) is 43.5 Å². The van der Waals surface area contributed by atoms with Crippen molar-refractivity contribution >= 4 is 17.4 Å². The fraction of sp³-hybridized carbons (Fsp3) is 0.556. The summed E-state index contributed by atoms with van der Waals surface area (Å²) >= 11 is 0. The molecule has 0 bridgehead atoms. The van der Waals surface area contributed by atoms with Gasteiger partial charge in [-0.15, -0.1) is 0 Å². The van der Waals surface area contributed by atoms with Crippen LogP contribution in [0.15, 0.2) is 24.3 Å². The lowest BCUT2D eigenvalue weighted by atomic mass is 10.1. The molecule has 1 fully saturated rings. The average Bonchev–Trinajstić information content (AvgIpc) is 2.55. The van der Waals surface area contributed by atoms with Gasteiger partial charge in [0.2, 0.25) is 5.91 Å². The van der Waals surface area contributed by atoms with Crippen molar-refractivity contribution in [2.24, 2.45) is 0 Å². The number of anilines is 1. The maximum absolute atomic E-state index is 11.9. The normalized spacial score (nSPS) is 16.9. The van der Waals surface area contributed by atoms with Gasteiger partial charge in [-0.2, -0.15) is 0 Å². The Kier molecular flexibility index (Phi) is 6.16. The Balaban J connectivity index is 1.81. The lowest BCUT2D eigenvalue weighted by molar-refractivity contribution is -0.122. The summed E-state index contributed by atoms with van der Waals surface area (Å²) in [5, 5.41) is 3.01. The first kappa shape index (κ1) is 17.5. The molecular formula is C18H27N3O2. The molecule has 2 rings (SSSR count). The van der Waals surface area contributed by atoms with Crippen LogP contribution in [0.1, 0.15) is 37.6 Å². The molecule has 1 aromatic carbocycles. The van der Waals surface area contributed by atoms with Crippen LogP contribution in [0.3, 0.4) is 0 Å². The van der Waals surface area contributed by atoms with Gasteiger partial charge in [-0.1, -0.05) is 6.92 Å². The Morgan fingerprint density at radius 2 is 1.74 bits per heavy atom. The maximum atomic E-state index is 11.9. The highest BCUT2D eigenvalue weighted by Gasteiger charge is 2.19. The van der Waals surface area contributed by atoms with Crippen LogP contribution in [0.5, 0.6) is 0 Å². The van der Waals surface area contributed by atoms with E-state index in [0.29, 0.717) is 6.54 Å². The highest BCUT2D eigenvalue weighted by molar-refractivity contribution is 5.94. The number of piperazine rings is 1. The molecule has 1 aliphatic heterocycles. The van der Waals surface area contributed by atoms with Gasteiger partial charge in [0.1, 0.15) is 0 Å². The van der Waals surface area contributed by atoms with Crippen molar-refractivity contribution < 1.29 is 9.59 Å². The number of amides is 1. The molecule has 1 heterocycles. The minimum absolute atomic E-state index is 0.0914. The third-order valence-corrected chi connectivity index (χ3v) is 4.40. The highest BCUT2D eigenvalue weighted by Crippen LogP contribution is 2.17. The van der Waals surface area contributed by atoms with Gasteiger partial charge < -0.3 is 10.2 Å². The molecule has 1 aromatic rings. The second-order valence-corrected chi connectivity index (χ2v) is 6.24. The number of hydrogen-bond donors (Lipinski definition) is 1. The van der Waals surface area contributed by atoms with Crippen molar-refractivity contribution in [3.8, 4) is 0 Å². The second-order valence-electron chi connectivity index (χ2n) is 6.24. The van der Waals surface area contributed by atoms with E-state index in [4.69, 9.17) is 0 Å². The van der Waals surface area contributed by atoms with Crippen molar-refractivity contribution in [3.63, 3.8) is 0 Å². The second kappa shape index (κ2) is 8.11. The molecule has 0 aliphatic carbocycles. The minimum atomic E-state index is 0.0914. The number of nitrogens with one attached hydrogen (secondary N) is 1. The fourth-order valence-electron chi connectivity index (χ4n) is 2.70. The van der Waals surface area contributed by atoms with Crippen LogP contribution in [-0.2, 0) is 4.79 Å². The van der Waals surface area contributed by atoms with Crippen molar-refractivity contribution in [1.82, 2.24) is 10.2 Å². The van der Waals surface area contributed by atoms with Crippen molar-refractivity contribution in [1.29, 1.82) is 0 Å². The fourth-order valence-corrected chi connectivity index (χ4v) is 2.70. The zero-order chi connectivity index (χ0) is 16.8. The predicted octanol–water partition coefficient (Wildman–Crippen LogP) is 1.93. The summed E-state index contributed by atoms with van der Waals surface area (Å²) in [6.45, 7) is 9.71. The number of nitrogens with zero attached hydrogens (tertiary/aromatic N) is 2. The van der Waals surface area contributed by atoms with Crippen molar-refractivity contribution in [2.45, 2.75) is 33.2 Å². The third kappa shape index (κ3) is 5.06.